The Labute approximate surface area is 145 Å². The van der Waals surface area contributed by atoms with Crippen molar-refractivity contribution < 1.29 is 4.57 Å². The number of nitrogens with zero attached hydrogens (tertiary/aromatic N) is 1. The van der Waals surface area contributed by atoms with Crippen LogP contribution < -0.4 is 4.57 Å². The SMILES string of the molecule is CC(C)(C)c1ccc(C[n+]2ccc(/C=C/C3=CC=CC3)cc2)cc1. The fourth-order valence-corrected chi connectivity index (χ4v) is 2.80. The monoisotopic (exact) mass is 316 g/mol. The highest BCUT2D eigenvalue weighted by Crippen LogP contribution is 2.22. The first-order chi connectivity index (χ1) is 11.5. The molecular weight excluding hydrogens is 290 g/mol. The first-order valence-corrected chi connectivity index (χ1v) is 8.63. The van der Waals surface area contributed by atoms with Crippen LogP contribution in [0, 0.1) is 0 Å². The molecular formula is C23H26N+. The molecule has 0 unspecified atom stereocenters. The molecule has 1 aliphatic carbocycles. The van der Waals surface area contributed by atoms with E-state index in [0.29, 0.717) is 0 Å². The van der Waals surface area contributed by atoms with Gasteiger partial charge in [0.2, 0.25) is 0 Å². The maximum absolute atomic E-state index is 2.25. The average molecular weight is 316 g/mol. The van der Waals surface area contributed by atoms with Crippen molar-refractivity contribution in [1.82, 2.24) is 0 Å². The molecule has 0 aliphatic heterocycles. The van der Waals surface area contributed by atoms with E-state index < -0.39 is 0 Å². The number of hydrogen-bond donors (Lipinski definition) is 0. The van der Waals surface area contributed by atoms with Crippen LogP contribution in [0.2, 0.25) is 0 Å². The number of rotatable bonds is 4. The van der Waals surface area contributed by atoms with Gasteiger partial charge in [-0.05, 0) is 28.5 Å². The minimum absolute atomic E-state index is 0.212. The maximum atomic E-state index is 2.25. The van der Waals surface area contributed by atoms with Crippen molar-refractivity contribution in [3.8, 4) is 0 Å². The second-order valence-corrected chi connectivity index (χ2v) is 7.46. The lowest BCUT2D eigenvalue weighted by Crippen LogP contribution is -2.33. The fourth-order valence-electron chi connectivity index (χ4n) is 2.80. The van der Waals surface area contributed by atoms with Crippen LogP contribution in [-0.4, -0.2) is 0 Å². The second kappa shape index (κ2) is 7.00. The zero-order chi connectivity index (χ0) is 17.0. The van der Waals surface area contributed by atoms with E-state index in [1.54, 1.807) is 0 Å². The van der Waals surface area contributed by atoms with Crippen LogP contribution in [0.4, 0.5) is 0 Å². The zero-order valence-corrected chi connectivity index (χ0v) is 14.9. The van der Waals surface area contributed by atoms with E-state index in [4.69, 9.17) is 0 Å². The highest BCUT2D eigenvalue weighted by Gasteiger charge is 2.13. The molecule has 122 valence electrons. The van der Waals surface area contributed by atoms with Crippen molar-refractivity contribution in [2.24, 2.45) is 0 Å². The lowest BCUT2D eigenvalue weighted by Gasteiger charge is -2.18. The quantitative estimate of drug-likeness (QED) is 0.681. The van der Waals surface area contributed by atoms with Crippen LogP contribution in [0.3, 0.4) is 0 Å². The van der Waals surface area contributed by atoms with Gasteiger partial charge in [0, 0.05) is 17.7 Å². The minimum atomic E-state index is 0.212. The minimum Gasteiger partial charge on any atom is -0.201 e. The summed E-state index contributed by atoms with van der Waals surface area (Å²) in [5, 5.41) is 0. The summed E-state index contributed by atoms with van der Waals surface area (Å²) in [7, 11) is 0. The molecule has 3 rings (SSSR count). The van der Waals surface area contributed by atoms with Crippen molar-refractivity contribution in [2.45, 2.75) is 39.2 Å². The lowest BCUT2D eigenvalue weighted by atomic mass is 9.87. The smallest absolute Gasteiger partial charge is 0.173 e. The van der Waals surface area contributed by atoms with Gasteiger partial charge in [0.25, 0.3) is 0 Å². The molecule has 0 radical (unpaired) electrons. The summed E-state index contributed by atoms with van der Waals surface area (Å²) in [5.41, 5.74) is 5.53. The Morgan fingerprint density at radius 1 is 0.958 bits per heavy atom. The van der Waals surface area contributed by atoms with Gasteiger partial charge in [-0.1, -0.05) is 75.4 Å². The van der Waals surface area contributed by atoms with Crippen LogP contribution in [-0.2, 0) is 12.0 Å². The normalized spacial score (nSPS) is 14.4. The third-order valence-electron chi connectivity index (χ3n) is 4.39. The topological polar surface area (TPSA) is 3.88 Å². The van der Waals surface area contributed by atoms with Crippen molar-refractivity contribution >= 4 is 6.08 Å². The van der Waals surface area contributed by atoms with Gasteiger partial charge in [-0.2, -0.15) is 0 Å². The fraction of sp³-hybridized carbons (Fsp3) is 0.261. The molecule has 0 atom stereocenters. The number of allylic oxidation sites excluding steroid dienone is 5. The molecule has 1 nitrogen and oxygen atoms in total. The van der Waals surface area contributed by atoms with Crippen LogP contribution in [0.1, 0.15) is 43.9 Å². The number of pyridine rings is 1. The Balaban J connectivity index is 1.63. The third-order valence-corrected chi connectivity index (χ3v) is 4.39. The maximum Gasteiger partial charge on any atom is 0.173 e. The summed E-state index contributed by atoms with van der Waals surface area (Å²) in [5.74, 6) is 0. The predicted octanol–water partition coefficient (Wildman–Crippen LogP) is 5.22. The molecule has 1 aromatic heterocycles. The first-order valence-electron chi connectivity index (χ1n) is 8.63. The van der Waals surface area contributed by atoms with E-state index in [-0.39, 0.29) is 5.41 Å². The largest absolute Gasteiger partial charge is 0.201 e. The molecule has 1 aliphatic rings. The molecule has 0 saturated heterocycles. The molecule has 2 aromatic rings. The molecule has 1 heteroatoms. The van der Waals surface area contributed by atoms with Gasteiger partial charge in [-0.15, -0.1) is 0 Å². The average Bonchev–Trinajstić information content (AvgIpc) is 3.07. The molecule has 1 aromatic carbocycles. The van der Waals surface area contributed by atoms with Crippen molar-refractivity contribution in [1.29, 1.82) is 0 Å². The van der Waals surface area contributed by atoms with Gasteiger partial charge < -0.3 is 0 Å². The van der Waals surface area contributed by atoms with E-state index >= 15 is 0 Å². The molecule has 0 N–H and O–H groups in total. The van der Waals surface area contributed by atoms with Crippen LogP contribution in [0.15, 0.2) is 78.7 Å². The van der Waals surface area contributed by atoms with Crippen LogP contribution >= 0.6 is 0 Å². The van der Waals surface area contributed by atoms with Gasteiger partial charge in [-0.25, -0.2) is 4.57 Å². The highest BCUT2D eigenvalue weighted by atomic mass is 14.9. The molecule has 0 spiro atoms. The third kappa shape index (κ3) is 4.32. The number of hydrogen-bond acceptors (Lipinski definition) is 0. The standard InChI is InChI=1S/C23H26N/c1-23(2,3)22-12-10-21(11-13-22)18-24-16-14-20(15-17-24)9-8-19-6-4-5-7-19/h4-6,8-17H,7,18H2,1-3H3/q+1/b9-8+. The van der Waals surface area contributed by atoms with E-state index in [0.717, 1.165) is 13.0 Å². The predicted molar refractivity (Wildman–Crippen MR) is 102 cm³/mol. The zero-order valence-electron chi connectivity index (χ0n) is 14.9. The second-order valence-electron chi connectivity index (χ2n) is 7.46. The molecule has 24 heavy (non-hydrogen) atoms. The molecule has 0 fully saturated rings. The highest BCUT2D eigenvalue weighted by molar-refractivity contribution is 5.53. The van der Waals surface area contributed by atoms with Crippen LogP contribution in [0.5, 0.6) is 0 Å². The molecule has 0 saturated carbocycles. The summed E-state index contributed by atoms with van der Waals surface area (Å²) in [4.78, 5) is 0. The van der Waals surface area contributed by atoms with Gasteiger partial charge >= 0.3 is 0 Å². The van der Waals surface area contributed by atoms with Gasteiger partial charge in [0.05, 0.1) is 0 Å². The van der Waals surface area contributed by atoms with E-state index in [2.05, 4.69) is 105 Å². The summed E-state index contributed by atoms with van der Waals surface area (Å²) in [6.07, 6.45) is 16.2. The van der Waals surface area contributed by atoms with E-state index in [1.807, 2.05) is 0 Å². The Morgan fingerprint density at radius 2 is 1.67 bits per heavy atom. The summed E-state index contributed by atoms with van der Waals surface area (Å²) in [6, 6.07) is 13.3. The van der Waals surface area contributed by atoms with Crippen molar-refractivity contribution in [2.75, 3.05) is 0 Å². The number of aromatic nitrogens is 1. The van der Waals surface area contributed by atoms with Crippen molar-refractivity contribution in [3.05, 3.63) is 95.4 Å². The first kappa shape index (κ1) is 16.4. The Hall–Kier alpha value is -2.41. The number of benzene rings is 1. The van der Waals surface area contributed by atoms with E-state index in [9.17, 15) is 0 Å². The van der Waals surface area contributed by atoms with Crippen LogP contribution in [0.25, 0.3) is 6.08 Å². The molecule has 0 bridgehead atoms. The summed E-state index contributed by atoms with van der Waals surface area (Å²) in [6.45, 7) is 7.66. The lowest BCUT2D eigenvalue weighted by molar-refractivity contribution is -0.688. The summed E-state index contributed by atoms with van der Waals surface area (Å²) < 4.78 is 2.22. The Morgan fingerprint density at radius 3 is 2.25 bits per heavy atom. The van der Waals surface area contributed by atoms with Gasteiger partial charge in [-0.3, -0.25) is 0 Å². The van der Waals surface area contributed by atoms with E-state index in [1.165, 1.54) is 22.3 Å². The van der Waals surface area contributed by atoms with Gasteiger partial charge in [0.1, 0.15) is 0 Å². The van der Waals surface area contributed by atoms with Crippen molar-refractivity contribution in [3.63, 3.8) is 0 Å². The molecule has 0 amide bonds. The Kier molecular flexibility index (Phi) is 4.80. The Bertz CT molecular complexity index is 766. The molecule has 1 heterocycles. The van der Waals surface area contributed by atoms with Gasteiger partial charge in [0.15, 0.2) is 18.9 Å². The summed E-state index contributed by atoms with van der Waals surface area (Å²) >= 11 is 0.